The van der Waals surface area contributed by atoms with Gasteiger partial charge < -0.3 is 0 Å². The van der Waals surface area contributed by atoms with E-state index in [-0.39, 0.29) is 0 Å². The van der Waals surface area contributed by atoms with E-state index in [1.807, 2.05) is 0 Å². The van der Waals surface area contributed by atoms with Crippen molar-refractivity contribution in [3.8, 4) is 0 Å². The summed E-state index contributed by atoms with van der Waals surface area (Å²) in [5.74, 6) is 2.73. The molecule has 2 aliphatic rings. The van der Waals surface area contributed by atoms with E-state index in [1.54, 1.807) is 0 Å². The molecule has 1 unspecified atom stereocenters. The van der Waals surface area contributed by atoms with E-state index in [0.29, 0.717) is 0 Å². The third kappa shape index (κ3) is 9.75. The van der Waals surface area contributed by atoms with Gasteiger partial charge in [-0.25, -0.2) is 0 Å². The summed E-state index contributed by atoms with van der Waals surface area (Å²) in [6.07, 6.45) is 34.4. The summed E-state index contributed by atoms with van der Waals surface area (Å²) in [6, 6.07) is 9.45. The predicted octanol–water partition coefficient (Wildman–Crippen LogP) is 11.1. The predicted molar refractivity (Wildman–Crippen MR) is 152 cm³/mol. The lowest BCUT2D eigenvalue weighted by atomic mass is 9.72. The maximum absolute atomic E-state index is 2.55. The summed E-state index contributed by atoms with van der Waals surface area (Å²) >= 11 is 0. The van der Waals surface area contributed by atoms with Crippen LogP contribution in [-0.4, -0.2) is 0 Å². The smallest absolute Gasteiger partial charge is 0.0167 e. The van der Waals surface area contributed by atoms with Crippen molar-refractivity contribution in [3.05, 3.63) is 53.6 Å². The normalized spacial score (nSPS) is 22.6. The van der Waals surface area contributed by atoms with Gasteiger partial charge in [0.25, 0.3) is 0 Å². The summed E-state index contributed by atoms with van der Waals surface area (Å²) in [7, 11) is 0. The molecule has 2 aliphatic carbocycles. The van der Waals surface area contributed by atoms with Crippen LogP contribution < -0.4 is 0 Å². The van der Waals surface area contributed by atoms with Crippen molar-refractivity contribution < 1.29 is 0 Å². The third-order valence-electron chi connectivity index (χ3n) is 8.70. The third-order valence-corrected chi connectivity index (χ3v) is 8.70. The Balaban J connectivity index is 1.32. The Bertz CT molecular complexity index is 698. The summed E-state index contributed by atoms with van der Waals surface area (Å²) < 4.78 is 0. The molecule has 0 aliphatic heterocycles. The second kappa shape index (κ2) is 16.4. The summed E-state index contributed by atoms with van der Waals surface area (Å²) in [4.78, 5) is 0. The molecule has 0 saturated heterocycles. The summed E-state index contributed by atoms with van der Waals surface area (Å²) in [6.45, 7) is 4.60. The van der Waals surface area contributed by atoms with Crippen molar-refractivity contribution in [2.45, 2.75) is 136 Å². The fourth-order valence-corrected chi connectivity index (χ4v) is 6.29. The van der Waals surface area contributed by atoms with Gasteiger partial charge in [-0.05, 0) is 66.6 Å². The molecule has 1 fully saturated rings. The highest BCUT2D eigenvalue weighted by atomic mass is 14.3. The van der Waals surface area contributed by atoms with E-state index in [0.717, 1.165) is 17.8 Å². The van der Waals surface area contributed by atoms with Gasteiger partial charge in [0.15, 0.2) is 0 Å². The lowest BCUT2D eigenvalue weighted by Crippen LogP contribution is -2.21. The minimum Gasteiger partial charge on any atom is -0.0802 e. The lowest BCUT2D eigenvalue weighted by molar-refractivity contribution is 0.218. The van der Waals surface area contributed by atoms with Gasteiger partial charge >= 0.3 is 0 Å². The molecule has 0 spiro atoms. The first-order valence-corrected chi connectivity index (χ1v) is 15.3. The van der Waals surface area contributed by atoms with Crippen molar-refractivity contribution in [3.63, 3.8) is 0 Å². The Labute approximate surface area is 212 Å². The number of unbranched alkanes of at least 4 members (excludes halogenated alkanes) is 10. The van der Waals surface area contributed by atoms with E-state index in [9.17, 15) is 0 Å². The Hall–Kier alpha value is -1.30. The van der Waals surface area contributed by atoms with E-state index >= 15 is 0 Å². The molecule has 0 N–H and O–H groups in total. The molecule has 0 amide bonds. The second-order valence-corrected chi connectivity index (χ2v) is 11.5. The minimum absolute atomic E-state index is 0.783. The van der Waals surface area contributed by atoms with Gasteiger partial charge in [-0.1, -0.05) is 146 Å². The van der Waals surface area contributed by atoms with Gasteiger partial charge in [-0.2, -0.15) is 0 Å². The molecule has 34 heavy (non-hydrogen) atoms. The zero-order valence-corrected chi connectivity index (χ0v) is 22.7. The Kier molecular flexibility index (Phi) is 13.2. The Morgan fingerprint density at radius 2 is 1.29 bits per heavy atom. The fourth-order valence-electron chi connectivity index (χ4n) is 6.29. The van der Waals surface area contributed by atoms with Crippen LogP contribution in [0.2, 0.25) is 0 Å². The van der Waals surface area contributed by atoms with Crippen LogP contribution in [-0.2, 0) is 6.42 Å². The van der Waals surface area contributed by atoms with E-state index in [2.05, 4.69) is 56.3 Å². The van der Waals surface area contributed by atoms with Crippen LogP contribution in [0.5, 0.6) is 0 Å². The van der Waals surface area contributed by atoms with E-state index in [1.165, 1.54) is 139 Å². The van der Waals surface area contributed by atoms with Crippen molar-refractivity contribution in [2.24, 2.45) is 17.8 Å². The number of hydrogen-bond donors (Lipinski definition) is 0. The van der Waals surface area contributed by atoms with Gasteiger partial charge in [-0.3, -0.25) is 0 Å². The van der Waals surface area contributed by atoms with Crippen LogP contribution >= 0.6 is 0 Å². The second-order valence-electron chi connectivity index (χ2n) is 11.5. The summed E-state index contributed by atoms with van der Waals surface area (Å²) in [5.41, 5.74) is 4.36. The zero-order valence-electron chi connectivity index (χ0n) is 22.7. The average Bonchev–Trinajstić information content (AvgIpc) is 2.89. The highest BCUT2D eigenvalue weighted by Gasteiger charge is 2.26. The number of aryl methyl sites for hydroxylation is 1. The van der Waals surface area contributed by atoms with Crippen LogP contribution in [0.1, 0.15) is 141 Å². The molecule has 1 aromatic carbocycles. The van der Waals surface area contributed by atoms with Crippen LogP contribution in [0, 0.1) is 17.8 Å². The number of hydrogen-bond acceptors (Lipinski definition) is 0. The molecule has 3 rings (SSSR count). The van der Waals surface area contributed by atoms with Crippen molar-refractivity contribution in [1.82, 2.24) is 0 Å². The van der Waals surface area contributed by atoms with Crippen molar-refractivity contribution >= 4 is 5.57 Å². The molecular formula is C34H54. The molecule has 0 bridgehead atoms. The molecule has 190 valence electrons. The average molecular weight is 463 g/mol. The zero-order chi connectivity index (χ0) is 23.8. The molecule has 0 aromatic heterocycles. The summed E-state index contributed by atoms with van der Waals surface area (Å²) in [5, 5.41) is 0. The van der Waals surface area contributed by atoms with Gasteiger partial charge in [0.2, 0.25) is 0 Å². The Morgan fingerprint density at radius 1 is 0.676 bits per heavy atom. The Morgan fingerprint density at radius 3 is 1.91 bits per heavy atom. The number of rotatable bonds is 16. The van der Waals surface area contributed by atoms with Crippen LogP contribution in [0.15, 0.2) is 42.5 Å². The monoisotopic (exact) mass is 462 g/mol. The van der Waals surface area contributed by atoms with Gasteiger partial charge in [-0.15, -0.1) is 0 Å². The molecule has 0 nitrogen and oxygen atoms in total. The fraction of sp³-hybridized carbons (Fsp3) is 0.706. The van der Waals surface area contributed by atoms with Crippen LogP contribution in [0.25, 0.3) is 5.57 Å². The maximum Gasteiger partial charge on any atom is -0.0167 e. The van der Waals surface area contributed by atoms with E-state index < -0.39 is 0 Å². The quantitative estimate of drug-likeness (QED) is 0.214. The van der Waals surface area contributed by atoms with Gasteiger partial charge in [0, 0.05) is 0 Å². The van der Waals surface area contributed by atoms with Crippen molar-refractivity contribution in [1.29, 1.82) is 0 Å². The molecule has 1 aromatic rings. The highest BCUT2D eigenvalue weighted by Crippen LogP contribution is 2.39. The van der Waals surface area contributed by atoms with Gasteiger partial charge in [0.1, 0.15) is 0 Å². The highest BCUT2D eigenvalue weighted by molar-refractivity contribution is 5.75. The first kappa shape index (κ1) is 27.3. The SMILES string of the molecule is CCCCCCCCc1ccc(C2=CCC([C@H]3CC[C@H](CCCCCCCC)CC3)C=C2)cc1. The molecule has 1 saturated carbocycles. The van der Waals surface area contributed by atoms with E-state index in [4.69, 9.17) is 0 Å². The maximum atomic E-state index is 2.55. The van der Waals surface area contributed by atoms with Gasteiger partial charge in [0.05, 0.1) is 0 Å². The van der Waals surface area contributed by atoms with Crippen LogP contribution in [0.3, 0.4) is 0 Å². The first-order chi connectivity index (χ1) is 16.8. The molecule has 1 atom stereocenters. The van der Waals surface area contributed by atoms with Crippen LogP contribution in [0.4, 0.5) is 0 Å². The minimum atomic E-state index is 0.783. The standard InChI is InChI=1S/C34H54/c1-3-5-7-9-11-13-15-29-17-21-31(22-18-29)33-25-27-34(28-26-33)32-23-19-30(20-24-32)16-14-12-10-8-6-4-2/h17-18,21-22,25-27,30,32,34H,3-16,19-20,23-24,28H2,1-2H3/t30-,32-,34?. The molecule has 0 radical (unpaired) electrons. The lowest BCUT2D eigenvalue weighted by Gasteiger charge is -2.33. The first-order valence-electron chi connectivity index (χ1n) is 15.3. The largest absolute Gasteiger partial charge is 0.0802 e. The molecule has 0 heteroatoms. The number of benzene rings is 1. The topological polar surface area (TPSA) is 0 Å². The number of allylic oxidation sites excluding steroid dienone is 4. The van der Waals surface area contributed by atoms with Crippen molar-refractivity contribution in [2.75, 3.05) is 0 Å². The molecular weight excluding hydrogens is 408 g/mol. The molecule has 0 heterocycles.